The van der Waals surface area contributed by atoms with Crippen molar-refractivity contribution in [3.8, 4) is 0 Å². The highest BCUT2D eigenvalue weighted by Crippen LogP contribution is 2.03. The minimum Gasteiger partial charge on any atom is -0.391 e. The van der Waals surface area contributed by atoms with E-state index in [1.807, 2.05) is 6.92 Å². The summed E-state index contributed by atoms with van der Waals surface area (Å²) in [6, 6.07) is 0. The van der Waals surface area contributed by atoms with Crippen molar-refractivity contribution in [2.75, 3.05) is 17.6 Å². The molecule has 0 saturated heterocycles. The number of nitrogens with zero attached hydrogens (tertiary/aromatic N) is 2. The van der Waals surface area contributed by atoms with E-state index in [1.54, 1.807) is 6.20 Å². The van der Waals surface area contributed by atoms with Crippen molar-refractivity contribution in [1.82, 2.24) is 9.97 Å². The molecule has 5 heteroatoms. The Morgan fingerprint density at radius 2 is 2.38 bits per heavy atom. The Bertz CT molecular complexity index is 266. The number of rotatable bonds is 4. The maximum absolute atomic E-state index is 9.25. The summed E-state index contributed by atoms with van der Waals surface area (Å²) in [5.74, 6) is 0.962. The predicted octanol–water partition coefficient (Wildman–Crippen LogP) is 0.242. The summed E-state index contributed by atoms with van der Waals surface area (Å²) in [4.78, 5) is 7.83. The van der Waals surface area contributed by atoms with E-state index < -0.39 is 0 Å². The normalized spacial score (nSPS) is 12.5. The monoisotopic (exact) mass is 182 g/mol. The maximum atomic E-state index is 9.25. The molecule has 1 aromatic rings. The second-order valence-corrected chi connectivity index (χ2v) is 2.77. The first-order valence-electron chi connectivity index (χ1n) is 4.21. The van der Waals surface area contributed by atoms with Gasteiger partial charge in [0, 0.05) is 6.54 Å². The average Bonchev–Trinajstić information content (AvgIpc) is 2.14. The first-order chi connectivity index (χ1) is 6.22. The third-order valence-electron chi connectivity index (χ3n) is 1.64. The maximum Gasteiger partial charge on any atom is 0.147 e. The summed E-state index contributed by atoms with van der Waals surface area (Å²) in [6.07, 6.45) is 3.39. The lowest BCUT2D eigenvalue weighted by atomic mass is 10.3. The van der Waals surface area contributed by atoms with Crippen LogP contribution in [0.15, 0.2) is 12.4 Å². The van der Waals surface area contributed by atoms with Gasteiger partial charge >= 0.3 is 0 Å². The Hall–Kier alpha value is -1.36. The van der Waals surface area contributed by atoms with Crippen molar-refractivity contribution in [1.29, 1.82) is 0 Å². The van der Waals surface area contributed by atoms with E-state index in [0.717, 1.165) is 0 Å². The molecule has 0 spiro atoms. The second kappa shape index (κ2) is 4.61. The highest BCUT2D eigenvalue weighted by molar-refractivity contribution is 5.38. The summed E-state index contributed by atoms with van der Waals surface area (Å²) in [5.41, 5.74) is 5.42. The second-order valence-electron chi connectivity index (χ2n) is 2.77. The molecule has 0 bridgehead atoms. The van der Waals surface area contributed by atoms with Crippen LogP contribution in [0, 0.1) is 0 Å². The molecule has 1 heterocycles. The van der Waals surface area contributed by atoms with Crippen LogP contribution in [0.2, 0.25) is 0 Å². The van der Waals surface area contributed by atoms with Crippen LogP contribution in [0.25, 0.3) is 0 Å². The molecule has 1 atom stereocenters. The number of aliphatic hydroxyl groups is 1. The van der Waals surface area contributed by atoms with Gasteiger partial charge in [0.25, 0.3) is 0 Å². The quantitative estimate of drug-likeness (QED) is 0.621. The van der Waals surface area contributed by atoms with E-state index in [-0.39, 0.29) is 6.10 Å². The summed E-state index contributed by atoms with van der Waals surface area (Å²) in [5, 5.41) is 12.2. The van der Waals surface area contributed by atoms with Crippen LogP contribution in [-0.2, 0) is 0 Å². The summed E-state index contributed by atoms with van der Waals surface area (Å²) < 4.78 is 0. The van der Waals surface area contributed by atoms with Gasteiger partial charge in [0.05, 0.1) is 18.5 Å². The fourth-order valence-electron chi connectivity index (χ4n) is 0.833. The molecule has 0 aliphatic rings. The molecule has 0 saturated carbocycles. The van der Waals surface area contributed by atoms with Gasteiger partial charge in [-0.2, -0.15) is 0 Å². The first kappa shape index (κ1) is 9.73. The molecular formula is C8H14N4O. The number of nitrogens with one attached hydrogen (secondary N) is 1. The zero-order valence-electron chi connectivity index (χ0n) is 7.57. The van der Waals surface area contributed by atoms with Gasteiger partial charge in [-0.3, -0.25) is 4.98 Å². The van der Waals surface area contributed by atoms with E-state index in [9.17, 15) is 5.11 Å². The SMILES string of the molecule is CCC(O)CNc1cncc(N)n1. The highest BCUT2D eigenvalue weighted by atomic mass is 16.3. The highest BCUT2D eigenvalue weighted by Gasteiger charge is 2.00. The van der Waals surface area contributed by atoms with E-state index in [1.165, 1.54) is 6.20 Å². The molecule has 0 aromatic carbocycles. The van der Waals surface area contributed by atoms with Crippen LogP contribution in [0.1, 0.15) is 13.3 Å². The molecule has 1 unspecified atom stereocenters. The average molecular weight is 182 g/mol. The van der Waals surface area contributed by atoms with E-state index >= 15 is 0 Å². The van der Waals surface area contributed by atoms with Gasteiger partial charge < -0.3 is 16.2 Å². The molecule has 0 amide bonds. The predicted molar refractivity (Wildman–Crippen MR) is 51.2 cm³/mol. The topological polar surface area (TPSA) is 84.1 Å². The van der Waals surface area contributed by atoms with Gasteiger partial charge in [0.15, 0.2) is 0 Å². The van der Waals surface area contributed by atoms with E-state index in [0.29, 0.717) is 24.6 Å². The minimum atomic E-state index is -0.358. The molecule has 0 fully saturated rings. The summed E-state index contributed by atoms with van der Waals surface area (Å²) >= 11 is 0. The third kappa shape index (κ3) is 3.25. The molecule has 0 aliphatic heterocycles. The molecule has 72 valence electrons. The smallest absolute Gasteiger partial charge is 0.147 e. The van der Waals surface area contributed by atoms with Gasteiger partial charge in [0.1, 0.15) is 11.6 Å². The molecule has 1 rings (SSSR count). The lowest BCUT2D eigenvalue weighted by molar-refractivity contribution is 0.183. The molecule has 5 nitrogen and oxygen atoms in total. The number of aromatic nitrogens is 2. The van der Waals surface area contributed by atoms with Gasteiger partial charge in [0.2, 0.25) is 0 Å². The van der Waals surface area contributed by atoms with Crippen molar-refractivity contribution < 1.29 is 5.11 Å². The number of hydrogen-bond donors (Lipinski definition) is 3. The van der Waals surface area contributed by atoms with Crippen molar-refractivity contribution in [3.05, 3.63) is 12.4 Å². The van der Waals surface area contributed by atoms with Crippen LogP contribution >= 0.6 is 0 Å². The number of anilines is 2. The van der Waals surface area contributed by atoms with Gasteiger partial charge in [-0.05, 0) is 6.42 Å². The zero-order chi connectivity index (χ0) is 9.68. The van der Waals surface area contributed by atoms with Crippen LogP contribution in [-0.4, -0.2) is 27.7 Å². The molecular weight excluding hydrogens is 168 g/mol. The van der Waals surface area contributed by atoms with Crippen molar-refractivity contribution in [2.24, 2.45) is 0 Å². The summed E-state index contributed by atoms with van der Waals surface area (Å²) in [6.45, 7) is 2.38. The lowest BCUT2D eigenvalue weighted by Gasteiger charge is -2.09. The lowest BCUT2D eigenvalue weighted by Crippen LogP contribution is -2.19. The Morgan fingerprint density at radius 3 is 3.00 bits per heavy atom. The van der Waals surface area contributed by atoms with Gasteiger partial charge in [-0.1, -0.05) is 6.92 Å². The number of hydrogen-bond acceptors (Lipinski definition) is 5. The van der Waals surface area contributed by atoms with Crippen molar-refractivity contribution >= 4 is 11.6 Å². The third-order valence-corrected chi connectivity index (χ3v) is 1.64. The standard InChI is InChI=1S/C8H14N4O/c1-2-6(13)3-11-8-5-10-4-7(9)12-8/h4-6,13H,2-3H2,1H3,(H3,9,11,12). The Labute approximate surface area is 77.0 Å². The van der Waals surface area contributed by atoms with Crippen LogP contribution in [0.5, 0.6) is 0 Å². The Balaban J connectivity index is 2.45. The molecule has 13 heavy (non-hydrogen) atoms. The van der Waals surface area contributed by atoms with Crippen molar-refractivity contribution in [3.63, 3.8) is 0 Å². The number of nitrogens with two attached hydrogens (primary N) is 1. The largest absolute Gasteiger partial charge is 0.391 e. The molecule has 0 radical (unpaired) electrons. The van der Waals surface area contributed by atoms with E-state index in [2.05, 4.69) is 15.3 Å². The number of nitrogen functional groups attached to an aromatic ring is 1. The first-order valence-corrected chi connectivity index (χ1v) is 4.21. The van der Waals surface area contributed by atoms with Crippen LogP contribution < -0.4 is 11.1 Å². The van der Waals surface area contributed by atoms with Crippen molar-refractivity contribution in [2.45, 2.75) is 19.4 Å². The summed E-state index contributed by atoms with van der Waals surface area (Å²) in [7, 11) is 0. The minimum absolute atomic E-state index is 0.358. The van der Waals surface area contributed by atoms with Crippen LogP contribution in [0.4, 0.5) is 11.6 Å². The fraction of sp³-hybridized carbons (Fsp3) is 0.500. The molecule has 0 aliphatic carbocycles. The molecule has 1 aromatic heterocycles. The van der Waals surface area contributed by atoms with Crippen LogP contribution in [0.3, 0.4) is 0 Å². The van der Waals surface area contributed by atoms with Gasteiger partial charge in [-0.25, -0.2) is 4.98 Å². The van der Waals surface area contributed by atoms with E-state index in [4.69, 9.17) is 5.73 Å². The number of aliphatic hydroxyl groups excluding tert-OH is 1. The van der Waals surface area contributed by atoms with Gasteiger partial charge in [-0.15, -0.1) is 0 Å². The fourth-order valence-corrected chi connectivity index (χ4v) is 0.833. The molecule has 4 N–H and O–H groups in total. The Kier molecular flexibility index (Phi) is 3.45. The Morgan fingerprint density at radius 1 is 1.62 bits per heavy atom. The zero-order valence-corrected chi connectivity index (χ0v) is 7.57.